The Morgan fingerprint density at radius 2 is 1.75 bits per heavy atom. The van der Waals surface area contributed by atoms with Crippen molar-refractivity contribution in [3.05, 3.63) is 0 Å². The summed E-state index contributed by atoms with van der Waals surface area (Å²) in [7, 11) is 1.84. The van der Waals surface area contributed by atoms with Crippen LogP contribution in [0.4, 0.5) is 0 Å². The second-order valence-electron chi connectivity index (χ2n) is 5.25. The van der Waals surface area contributed by atoms with E-state index >= 15 is 0 Å². The molecule has 3 unspecified atom stereocenters. The van der Waals surface area contributed by atoms with Crippen LogP contribution in [0.1, 0.15) is 53.9 Å². The van der Waals surface area contributed by atoms with Gasteiger partial charge in [0.1, 0.15) is 0 Å². The first kappa shape index (κ1) is 15.9. The van der Waals surface area contributed by atoms with Gasteiger partial charge in [-0.1, -0.05) is 41.0 Å². The average molecular weight is 229 g/mol. The topological polar surface area (TPSA) is 21.3 Å². The first-order valence-electron chi connectivity index (χ1n) is 6.82. The van der Waals surface area contributed by atoms with Crippen molar-refractivity contribution in [2.24, 2.45) is 11.8 Å². The summed E-state index contributed by atoms with van der Waals surface area (Å²) in [6.45, 7) is 12.4. The van der Waals surface area contributed by atoms with E-state index in [-0.39, 0.29) is 0 Å². The van der Waals surface area contributed by atoms with Gasteiger partial charge in [0.2, 0.25) is 0 Å². The molecule has 0 saturated carbocycles. The Balaban J connectivity index is 4.36. The zero-order valence-corrected chi connectivity index (χ0v) is 12.0. The third-order valence-corrected chi connectivity index (χ3v) is 3.34. The summed E-state index contributed by atoms with van der Waals surface area (Å²) in [6.07, 6.45) is 3.98. The van der Waals surface area contributed by atoms with Crippen molar-refractivity contribution in [2.45, 2.75) is 66.0 Å². The lowest BCUT2D eigenvalue weighted by molar-refractivity contribution is 0.0264. The second-order valence-corrected chi connectivity index (χ2v) is 5.25. The molecule has 0 rings (SSSR count). The minimum atomic E-state index is 0.334. The lowest BCUT2D eigenvalue weighted by Crippen LogP contribution is -2.45. The van der Waals surface area contributed by atoms with Crippen LogP contribution in [0.25, 0.3) is 0 Å². The molecule has 2 nitrogen and oxygen atoms in total. The van der Waals surface area contributed by atoms with Gasteiger partial charge in [0.05, 0.1) is 6.10 Å². The van der Waals surface area contributed by atoms with E-state index in [9.17, 15) is 0 Å². The summed E-state index contributed by atoms with van der Waals surface area (Å²) in [4.78, 5) is 0. The van der Waals surface area contributed by atoms with Crippen LogP contribution in [0, 0.1) is 11.8 Å². The number of rotatable bonds is 9. The van der Waals surface area contributed by atoms with Gasteiger partial charge in [0.25, 0.3) is 0 Å². The van der Waals surface area contributed by atoms with Crippen molar-refractivity contribution in [3.8, 4) is 0 Å². The van der Waals surface area contributed by atoms with Gasteiger partial charge in [-0.25, -0.2) is 0 Å². The van der Waals surface area contributed by atoms with E-state index in [0.29, 0.717) is 18.1 Å². The van der Waals surface area contributed by atoms with Gasteiger partial charge in [-0.3, -0.25) is 0 Å². The minimum absolute atomic E-state index is 0.334. The molecule has 0 aromatic carbocycles. The molecule has 0 saturated heterocycles. The monoisotopic (exact) mass is 229 g/mol. The standard InChI is InChI=1S/C14H31NO/c1-7-9-15-13(10-12(5)8-2)14(16-6)11(3)4/h11-15H,7-10H2,1-6H3. The molecule has 0 fully saturated rings. The van der Waals surface area contributed by atoms with Crippen LogP contribution in [-0.4, -0.2) is 25.8 Å². The van der Waals surface area contributed by atoms with Crippen molar-refractivity contribution < 1.29 is 4.74 Å². The van der Waals surface area contributed by atoms with Gasteiger partial charge >= 0.3 is 0 Å². The van der Waals surface area contributed by atoms with Crippen molar-refractivity contribution >= 4 is 0 Å². The molecule has 0 spiro atoms. The van der Waals surface area contributed by atoms with Crippen LogP contribution in [0.2, 0.25) is 0 Å². The van der Waals surface area contributed by atoms with Gasteiger partial charge in [0, 0.05) is 13.2 Å². The van der Waals surface area contributed by atoms with Gasteiger partial charge < -0.3 is 10.1 Å². The maximum atomic E-state index is 5.65. The first-order chi connectivity index (χ1) is 7.56. The normalized spacial score (nSPS) is 17.4. The fourth-order valence-corrected chi connectivity index (χ4v) is 2.16. The second kappa shape index (κ2) is 9.00. The molecule has 0 heterocycles. The van der Waals surface area contributed by atoms with Crippen LogP contribution < -0.4 is 5.32 Å². The highest BCUT2D eigenvalue weighted by Gasteiger charge is 2.24. The number of hydrogen-bond donors (Lipinski definition) is 1. The summed E-state index contributed by atoms with van der Waals surface area (Å²) < 4.78 is 5.65. The van der Waals surface area contributed by atoms with Crippen molar-refractivity contribution in [1.82, 2.24) is 5.32 Å². The van der Waals surface area contributed by atoms with E-state index in [1.807, 2.05) is 7.11 Å². The maximum Gasteiger partial charge on any atom is 0.0747 e. The smallest absolute Gasteiger partial charge is 0.0747 e. The first-order valence-corrected chi connectivity index (χ1v) is 6.82. The SMILES string of the molecule is CCCNC(CC(C)CC)C(OC)C(C)C. The zero-order chi connectivity index (χ0) is 12.6. The molecular formula is C14H31NO. The molecule has 0 aliphatic carbocycles. The van der Waals surface area contributed by atoms with Crippen LogP contribution >= 0.6 is 0 Å². The predicted octanol–water partition coefficient (Wildman–Crippen LogP) is 3.46. The Morgan fingerprint density at radius 1 is 1.12 bits per heavy atom. The minimum Gasteiger partial charge on any atom is -0.380 e. The van der Waals surface area contributed by atoms with E-state index < -0.39 is 0 Å². The van der Waals surface area contributed by atoms with Crippen molar-refractivity contribution in [3.63, 3.8) is 0 Å². The number of ether oxygens (including phenoxy) is 1. The van der Waals surface area contributed by atoms with E-state index in [0.717, 1.165) is 12.5 Å². The molecular weight excluding hydrogens is 198 g/mol. The number of hydrogen-bond acceptors (Lipinski definition) is 2. The van der Waals surface area contributed by atoms with Crippen LogP contribution in [0.5, 0.6) is 0 Å². The Morgan fingerprint density at radius 3 is 2.12 bits per heavy atom. The molecule has 0 amide bonds. The summed E-state index contributed by atoms with van der Waals surface area (Å²) in [5.74, 6) is 1.34. The molecule has 16 heavy (non-hydrogen) atoms. The van der Waals surface area contributed by atoms with Crippen LogP contribution in [0.3, 0.4) is 0 Å². The molecule has 1 N–H and O–H groups in total. The summed E-state index contributed by atoms with van der Waals surface area (Å²) in [6, 6.07) is 0.500. The van der Waals surface area contributed by atoms with Crippen molar-refractivity contribution in [1.29, 1.82) is 0 Å². The Kier molecular flexibility index (Phi) is 8.96. The van der Waals surface area contributed by atoms with Crippen molar-refractivity contribution in [2.75, 3.05) is 13.7 Å². The summed E-state index contributed by atoms with van der Waals surface area (Å²) in [5.41, 5.74) is 0. The van der Waals surface area contributed by atoms with Gasteiger partial charge in [-0.15, -0.1) is 0 Å². The number of methoxy groups -OCH3 is 1. The predicted molar refractivity (Wildman–Crippen MR) is 71.8 cm³/mol. The zero-order valence-electron chi connectivity index (χ0n) is 12.0. The molecule has 0 bridgehead atoms. The van der Waals surface area contributed by atoms with E-state index in [1.54, 1.807) is 0 Å². The Labute approximate surface area is 102 Å². The third-order valence-electron chi connectivity index (χ3n) is 3.34. The lowest BCUT2D eigenvalue weighted by atomic mass is 9.90. The molecule has 3 atom stereocenters. The molecule has 0 aliphatic heterocycles. The third kappa shape index (κ3) is 5.86. The van der Waals surface area contributed by atoms with Gasteiger partial charge in [-0.05, 0) is 31.2 Å². The van der Waals surface area contributed by atoms with E-state index in [2.05, 4.69) is 39.9 Å². The summed E-state index contributed by atoms with van der Waals surface area (Å²) in [5, 5.41) is 3.64. The molecule has 0 radical (unpaired) electrons. The molecule has 0 aromatic heterocycles. The van der Waals surface area contributed by atoms with Gasteiger partial charge in [0.15, 0.2) is 0 Å². The highest BCUT2D eigenvalue weighted by Crippen LogP contribution is 2.18. The number of nitrogens with one attached hydrogen (secondary N) is 1. The molecule has 2 heteroatoms. The van der Waals surface area contributed by atoms with Crippen LogP contribution in [0.15, 0.2) is 0 Å². The Bertz CT molecular complexity index is 159. The summed E-state index contributed by atoms with van der Waals surface area (Å²) >= 11 is 0. The maximum absolute atomic E-state index is 5.65. The fraction of sp³-hybridized carbons (Fsp3) is 1.00. The largest absolute Gasteiger partial charge is 0.380 e. The molecule has 98 valence electrons. The van der Waals surface area contributed by atoms with E-state index in [1.165, 1.54) is 19.3 Å². The van der Waals surface area contributed by atoms with Gasteiger partial charge in [-0.2, -0.15) is 0 Å². The average Bonchev–Trinajstić information content (AvgIpc) is 2.25. The Hall–Kier alpha value is -0.0800. The molecule has 0 aromatic rings. The quantitative estimate of drug-likeness (QED) is 0.654. The van der Waals surface area contributed by atoms with E-state index in [4.69, 9.17) is 4.74 Å². The fourth-order valence-electron chi connectivity index (χ4n) is 2.16. The highest BCUT2D eigenvalue weighted by atomic mass is 16.5. The lowest BCUT2D eigenvalue weighted by Gasteiger charge is -2.31. The highest BCUT2D eigenvalue weighted by molar-refractivity contribution is 4.80. The van der Waals surface area contributed by atoms with Crippen LogP contribution in [-0.2, 0) is 4.74 Å². The molecule has 0 aliphatic rings.